The van der Waals surface area contributed by atoms with Gasteiger partial charge in [0.2, 0.25) is 10.0 Å². The zero-order chi connectivity index (χ0) is 23.1. The van der Waals surface area contributed by atoms with Gasteiger partial charge in [0.15, 0.2) is 0 Å². The molecule has 0 aliphatic carbocycles. The van der Waals surface area contributed by atoms with Crippen LogP contribution in [0.15, 0.2) is 53.6 Å². The Hall–Kier alpha value is -2.38. The van der Waals surface area contributed by atoms with Gasteiger partial charge >= 0.3 is 12.4 Å². The third-order valence-corrected chi connectivity index (χ3v) is 6.84. The minimum Gasteiger partial charge on any atom is -0.369 e. The first-order valence-electron chi connectivity index (χ1n) is 8.91. The van der Waals surface area contributed by atoms with Crippen LogP contribution in [0.3, 0.4) is 0 Å². The fraction of sp³-hybridized carbons (Fsp3) is 0.389. The quantitative estimate of drug-likeness (QED) is 0.698. The molecule has 0 amide bonds. The molecule has 6 nitrogen and oxygen atoms in total. The van der Waals surface area contributed by atoms with Crippen molar-refractivity contribution in [3.8, 4) is 0 Å². The normalized spacial score (nSPS) is 17.1. The summed E-state index contributed by atoms with van der Waals surface area (Å²) in [5.74, 6) is 0.0622. The van der Waals surface area contributed by atoms with Crippen molar-refractivity contribution in [2.75, 3.05) is 31.1 Å². The molecule has 170 valence electrons. The fourth-order valence-electron chi connectivity index (χ4n) is 3.17. The number of pyridine rings is 1. The lowest BCUT2D eigenvalue weighted by Crippen LogP contribution is -2.54. The summed E-state index contributed by atoms with van der Waals surface area (Å²) in [6.45, 7) is 0.355. The predicted octanol–water partition coefficient (Wildman–Crippen LogP) is 2.90. The highest BCUT2D eigenvalue weighted by Gasteiger charge is 2.71. The molecule has 0 atom stereocenters. The number of rotatable bonds is 4. The fourth-order valence-corrected chi connectivity index (χ4v) is 4.62. The van der Waals surface area contributed by atoms with E-state index in [-0.39, 0.29) is 36.9 Å². The number of sulfonamides is 1. The van der Waals surface area contributed by atoms with Crippen LogP contribution in [0.1, 0.15) is 5.56 Å². The van der Waals surface area contributed by atoms with E-state index < -0.39 is 33.5 Å². The molecule has 1 aliphatic rings. The lowest BCUT2D eigenvalue weighted by atomic mass is 9.94. The molecule has 0 spiro atoms. The molecule has 1 saturated heterocycles. The second-order valence-electron chi connectivity index (χ2n) is 6.82. The minimum absolute atomic E-state index is 0.0513. The number of aromatic nitrogens is 1. The molecule has 13 heteroatoms. The van der Waals surface area contributed by atoms with E-state index in [0.29, 0.717) is 12.3 Å². The Bertz CT molecular complexity index is 989. The molecule has 2 aromatic rings. The number of hydrogen-bond donors (Lipinski definition) is 1. The van der Waals surface area contributed by atoms with Crippen LogP contribution >= 0.6 is 0 Å². The summed E-state index contributed by atoms with van der Waals surface area (Å²) < 4.78 is 104. The van der Waals surface area contributed by atoms with Crippen LogP contribution in [0.25, 0.3) is 0 Å². The number of alkyl halides is 6. The van der Waals surface area contributed by atoms with Crippen LogP contribution in [-0.2, 0) is 15.6 Å². The first-order chi connectivity index (χ1) is 14.3. The Labute approximate surface area is 173 Å². The van der Waals surface area contributed by atoms with Gasteiger partial charge in [-0.15, -0.1) is 0 Å². The van der Waals surface area contributed by atoms with E-state index in [2.05, 4.69) is 4.98 Å². The molecule has 1 aliphatic heterocycles. The third-order valence-electron chi connectivity index (χ3n) is 4.93. The van der Waals surface area contributed by atoms with Gasteiger partial charge in [0, 0.05) is 37.9 Å². The highest BCUT2D eigenvalue weighted by molar-refractivity contribution is 7.89. The van der Waals surface area contributed by atoms with Crippen LogP contribution < -0.4 is 4.90 Å². The maximum absolute atomic E-state index is 13.0. The van der Waals surface area contributed by atoms with Crippen molar-refractivity contribution in [1.29, 1.82) is 0 Å². The minimum atomic E-state index is -5.99. The predicted molar refractivity (Wildman–Crippen MR) is 97.7 cm³/mol. The highest BCUT2D eigenvalue weighted by atomic mass is 32.2. The van der Waals surface area contributed by atoms with Crippen LogP contribution in [0.2, 0.25) is 0 Å². The van der Waals surface area contributed by atoms with Crippen molar-refractivity contribution in [3.63, 3.8) is 0 Å². The molecule has 0 radical (unpaired) electrons. The number of anilines is 1. The Balaban J connectivity index is 1.75. The monoisotopic (exact) mass is 469 g/mol. The zero-order valence-electron chi connectivity index (χ0n) is 15.7. The molecule has 0 saturated carbocycles. The molecule has 31 heavy (non-hydrogen) atoms. The summed E-state index contributed by atoms with van der Waals surface area (Å²) in [7, 11) is -3.72. The summed E-state index contributed by atoms with van der Waals surface area (Å²) in [6.07, 6.45) is -11.7. The van der Waals surface area contributed by atoms with E-state index in [4.69, 9.17) is 0 Å². The Morgan fingerprint density at radius 3 is 1.84 bits per heavy atom. The topological polar surface area (TPSA) is 73.7 Å². The lowest BCUT2D eigenvalue weighted by Gasteiger charge is -2.35. The molecule has 1 N–H and O–H groups in total. The van der Waals surface area contributed by atoms with Crippen LogP contribution in [-0.4, -0.2) is 61.3 Å². The van der Waals surface area contributed by atoms with E-state index >= 15 is 0 Å². The van der Waals surface area contributed by atoms with Gasteiger partial charge in [-0.3, -0.25) is 0 Å². The smallest absolute Gasteiger partial charge is 0.369 e. The number of benzene rings is 1. The Kier molecular flexibility index (Phi) is 5.97. The SMILES string of the molecule is O=S(=O)(c1ccccc1)N1CCN(c2ccc(C(O)(C(F)(F)F)C(F)(F)F)cn2)CC1. The largest absolute Gasteiger partial charge is 0.430 e. The van der Waals surface area contributed by atoms with Crippen molar-refractivity contribution < 1.29 is 39.9 Å². The van der Waals surface area contributed by atoms with E-state index in [1.54, 1.807) is 18.2 Å². The van der Waals surface area contributed by atoms with Crippen molar-refractivity contribution in [1.82, 2.24) is 9.29 Å². The average Bonchev–Trinajstić information content (AvgIpc) is 2.72. The van der Waals surface area contributed by atoms with E-state index in [9.17, 15) is 39.9 Å². The van der Waals surface area contributed by atoms with Gasteiger partial charge in [0.05, 0.1) is 4.90 Å². The summed E-state index contributed by atoms with van der Waals surface area (Å²) in [5.41, 5.74) is -6.50. The van der Waals surface area contributed by atoms with Crippen molar-refractivity contribution in [2.45, 2.75) is 22.8 Å². The van der Waals surface area contributed by atoms with Gasteiger partial charge in [-0.2, -0.15) is 30.6 Å². The van der Waals surface area contributed by atoms with Gasteiger partial charge in [-0.1, -0.05) is 24.3 Å². The maximum atomic E-state index is 13.0. The van der Waals surface area contributed by atoms with Crippen LogP contribution in [0.4, 0.5) is 32.2 Å². The molecule has 2 heterocycles. The Morgan fingerprint density at radius 1 is 0.839 bits per heavy atom. The summed E-state index contributed by atoms with van der Waals surface area (Å²) in [4.78, 5) is 5.28. The molecule has 3 rings (SSSR count). The van der Waals surface area contributed by atoms with E-state index in [1.807, 2.05) is 0 Å². The van der Waals surface area contributed by atoms with Gasteiger partial charge < -0.3 is 10.0 Å². The molecular formula is C18H17F6N3O3S. The standard InChI is InChI=1S/C18H17F6N3O3S/c19-17(20,21)16(28,18(22,23)24)13-6-7-15(25-12-13)26-8-10-27(11-9-26)31(29,30)14-4-2-1-3-5-14/h1-7,12,28H,8-11H2. The third kappa shape index (κ3) is 4.21. The second kappa shape index (κ2) is 7.95. The van der Waals surface area contributed by atoms with E-state index in [0.717, 1.165) is 6.07 Å². The van der Waals surface area contributed by atoms with Crippen molar-refractivity contribution in [3.05, 3.63) is 54.2 Å². The van der Waals surface area contributed by atoms with Crippen LogP contribution in [0.5, 0.6) is 0 Å². The van der Waals surface area contributed by atoms with Gasteiger partial charge in [0.25, 0.3) is 5.60 Å². The van der Waals surface area contributed by atoms with Gasteiger partial charge in [-0.25, -0.2) is 13.4 Å². The molecule has 1 fully saturated rings. The molecule has 0 unspecified atom stereocenters. The highest BCUT2D eigenvalue weighted by Crippen LogP contribution is 2.49. The zero-order valence-corrected chi connectivity index (χ0v) is 16.5. The number of aliphatic hydroxyl groups is 1. The second-order valence-corrected chi connectivity index (χ2v) is 8.75. The van der Waals surface area contributed by atoms with E-state index in [1.165, 1.54) is 21.3 Å². The number of hydrogen-bond acceptors (Lipinski definition) is 5. The number of nitrogens with zero attached hydrogens (tertiary/aromatic N) is 3. The van der Waals surface area contributed by atoms with Gasteiger partial charge in [-0.05, 0) is 18.2 Å². The van der Waals surface area contributed by atoms with Crippen molar-refractivity contribution in [2.24, 2.45) is 0 Å². The lowest BCUT2D eigenvalue weighted by molar-refractivity contribution is -0.376. The summed E-state index contributed by atoms with van der Waals surface area (Å²) in [5, 5.41) is 9.41. The first kappa shape index (κ1) is 23.3. The first-order valence-corrected chi connectivity index (χ1v) is 10.3. The Morgan fingerprint density at radius 2 is 1.39 bits per heavy atom. The average molecular weight is 469 g/mol. The molecule has 1 aromatic carbocycles. The van der Waals surface area contributed by atoms with Crippen molar-refractivity contribution >= 4 is 15.8 Å². The summed E-state index contributed by atoms with van der Waals surface area (Å²) in [6, 6.07) is 9.17. The molecule has 0 bridgehead atoms. The molecule has 1 aromatic heterocycles. The van der Waals surface area contributed by atoms with Gasteiger partial charge in [0.1, 0.15) is 5.82 Å². The number of halogens is 6. The van der Waals surface area contributed by atoms with Crippen LogP contribution in [0, 0.1) is 0 Å². The maximum Gasteiger partial charge on any atom is 0.430 e. The number of piperazine rings is 1. The summed E-state index contributed by atoms with van der Waals surface area (Å²) >= 11 is 0. The molecular weight excluding hydrogens is 452 g/mol.